The molecule has 1 saturated heterocycles. The molecule has 0 radical (unpaired) electrons. The standard InChI is InChI=1S/C25H25N3O7S2/c1-9(2)6-14(24(31)32)27-22(29)17-12-8-13(18(17)23(27)30)19-16(12)15(20-21(36-19)26-25(33)37-20)10-4-3-5-11(7-10)28(34)35/h3-5,7,9,12-19H,6,8H2,1-2H3,(H,26,33)(H,31,32)/t12-,13+,14+,15+,16+,17-,18+,19-/m1/s1. The molecule has 3 fully saturated rings. The van der Waals surface area contributed by atoms with E-state index in [0.717, 1.165) is 21.1 Å². The molecule has 6 rings (SSSR count). The number of nitro benzene ring substituents is 1. The number of H-pyrrole nitrogens is 1. The van der Waals surface area contributed by atoms with Crippen molar-refractivity contribution in [3.8, 4) is 0 Å². The molecule has 8 atom stereocenters. The molecule has 2 bridgehead atoms. The zero-order valence-corrected chi connectivity index (χ0v) is 21.7. The third-order valence-corrected chi connectivity index (χ3v) is 11.1. The van der Waals surface area contributed by atoms with Gasteiger partial charge in [-0.15, -0.1) is 11.8 Å². The molecule has 2 saturated carbocycles. The maximum Gasteiger partial charge on any atom is 0.326 e. The lowest BCUT2D eigenvalue weighted by Crippen LogP contribution is -2.47. The monoisotopic (exact) mass is 543 g/mol. The minimum atomic E-state index is -1.19. The van der Waals surface area contributed by atoms with Crippen molar-refractivity contribution in [1.82, 2.24) is 9.88 Å². The maximum atomic E-state index is 13.7. The molecule has 4 aliphatic rings. The van der Waals surface area contributed by atoms with Crippen LogP contribution in [0.2, 0.25) is 0 Å². The molecule has 0 unspecified atom stereocenters. The maximum absolute atomic E-state index is 13.7. The summed E-state index contributed by atoms with van der Waals surface area (Å²) in [5.41, 5.74) is 0.663. The van der Waals surface area contributed by atoms with Gasteiger partial charge in [-0.1, -0.05) is 37.3 Å². The lowest BCUT2D eigenvalue weighted by Gasteiger charge is -2.43. The average molecular weight is 544 g/mol. The van der Waals surface area contributed by atoms with Crippen molar-refractivity contribution < 1.29 is 24.4 Å². The van der Waals surface area contributed by atoms with Crippen molar-refractivity contribution in [2.45, 2.75) is 48.9 Å². The van der Waals surface area contributed by atoms with Gasteiger partial charge in [0.1, 0.15) is 6.04 Å². The molecule has 2 N–H and O–H groups in total. The predicted molar refractivity (Wildman–Crippen MR) is 134 cm³/mol. The minimum Gasteiger partial charge on any atom is -0.480 e. The molecule has 1 aromatic carbocycles. The van der Waals surface area contributed by atoms with Crippen LogP contribution in [0.4, 0.5) is 5.69 Å². The van der Waals surface area contributed by atoms with Gasteiger partial charge in [0, 0.05) is 28.2 Å². The second kappa shape index (κ2) is 8.52. The number of thiazole rings is 1. The number of aromatic amines is 1. The number of likely N-dealkylation sites (tertiary alicyclic amines) is 1. The number of aliphatic carboxylic acids is 1. The summed E-state index contributed by atoms with van der Waals surface area (Å²) in [7, 11) is 0. The smallest absolute Gasteiger partial charge is 0.326 e. The molecule has 2 amide bonds. The lowest BCUT2D eigenvalue weighted by atomic mass is 9.68. The van der Waals surface area contributed by atoms with E-state index in [0.29, 0.717) is 17.0 Å². The minimum absolute atomic E-state index is 0.0111. The fraction of sp³-hybridized carbons (Fsp3) is 0.520. The van der Waals surface area contributed by atoms with Crippen LogP contribution >= 0.6 is 23.1 Å². The van der Waals surface area contributed by atoms with Crippen LogP contribution in [0.5, 0.6) is 0 Å². The normalized spacial score (nSPS) is 32.4. The first kappa shape index (κ1) is 24.4. The molecule has 10 nitrogen and oxygen atoms in total. The Bertz CT molecular complexity index is 1400. The van der Waals surface area contributed by atoms with Crippen LogP contribution in [-0.2, 0) is 14.4 Å². The number of hydrogen-bond donors (Lipinski definition) is 2. The van der Waals surface area contributed by atoms with E-state index in [1.54, 1.807) is 6.07 Å². The Balaban J connectivity index is 1.43. The van der Waals surface area contributed by atoms with E-state index in [1.165, 1.54) is 23.9 Å². The number of nitrogens with zero attached hydrogens (tertiary/aromatic N) is 2. The number of thioether (sulfide) groups is 1. The number of carboxylic acid groups (broad SMARTS) is 1. The molecule has 37 heavy (non-hydrogen) atoms. The van der Waals surface area contributed by atoms with Crippen molar-refractivity contribution >= 4 is 46.6 Å². The Morgan fingerprint density at radius 1 is 1.22 bits per heavy atom. The van der Waals surface area contributed by atoms with E-state index in [1.807, 2.05) is 19.9 Å². The molecule has 194 valence electrons. The first-order valence-electron chi connectivity index (χ1n) is 12.3. The third-order valence-electron chi connectivity index (χ3n) is 8.49. The van der Waals surface area contributed by atoms with Gasteiger partial charge in [-0.05, 0) is 42.1 Å². The van der Waals surface area contributed by atoms with Gasteiger partial charge in [-0.25, -0.2) is 4.79 Å². The number of rotatable bonds is 6. The van der Waals surface area contributed by atoms with Crippen LogP contribution in [0, 0.1) is 45.6 Å². The molecule has 2 aliphatic carbocycles. The van der Waals surface area contributed by atoms with Crippen LogP contribution < -0.4 is 4.87 Å². The second-order valence-corrected chi connectivity index (χ2v) is 13.0. The van der Waals surface area contributed by atoms with E-state index in [-0.39, 0.29) is 51.8 Å². The van der Waals surface area contributed by atoms with Crippen LogP contribution in [-0.4, -0.2) is 49.0 Å². The number of nitro groups is 1. The largest absolute Gasteiger partial charge is 0.480 e. The van der Waals surface area contributed by atoms with Gasteiger partial charge in [0.05, 0.1) is 21.8 Å². The molecule has 1 aromatic heterocycles. The molecule has 2 aliphatic heterocycles. The summed E-state index contributed by atoms with van der Waals surface area (Å²) in [6.45, 7) is 3.72. The zero-order chi connectivity index (χ0) is 26.3. The SMILES string of the molecule is CC(C)C[C@@H](C(=O)O)N1C(=O)[C@@H]2[C@@H]3C[C@H]([C@H]4Sc5[nH]c(=O)sc5[C@@H](c5cccc([N+](=O)[O-])c5)[C@H]34)[C@@H]2C1=O. The lowest BCUT2D eigenvalue weighted by molar-refractivity contribution is -0.384. The summed E-state index contributed by atoms with van der Waals surface area (Å²) in [6.07, 6.45) is 0.855. The molecular formula is C25H25N3O7S2. The quantitative estimate of drug-likeness (QED) is 0.320. The Hall–Kier alpha value is -2.99. The molecular weight excluding hydrogens is 518 g/mol. The zero-order valence-electron chi connectivity index (χ0n) is 20.0. The van der Waals surface area contributed by atoms with Gasteiger partial charge in [0.2, 0.25) is 11.8 Å². The number of imide groups is 1. The highest BCUT2D eigenvalue weighted by Gasteiger charge is 2.70. The van der Waals surface area contributed by atoms with E-state index >= 15 is 0 Å². The van der Waals surface area contributed by atoms with Crippen molar-refractivity contribution in [2.24, 2.45) is 35.5 Å². The summed E-state index contributed by atoms with van der Waals surface area (Å²) in [5, 5.41) is 22.0. The Morgan fingerprint density at radius 2 is 1.92 bits per heavy atom. The van der Waals surface area contributed by atoms with Gasteiger partial charge in [-0.3, -0.25) is 29.4 Å². The van der Waals surface area contributed by atoms with Crippen molar-refractivity contribution in [3.63, 3.8) is 0 Å². The van der Waals surface area contributed by atoms with Gasteiger partial charge in [0.25, 0.3) is 5.69 Å². The van der Waals surface area contributed by atoms with E-state index in [9.17, 15) is 34.4 Å². The van der Waals surface area contributed by atoms with Crippen LogP contribution in [0.1, 0.15) is 43.0 Å². The summed E-state index contributed by atoms with van der Waals surface area (Å²) in [4.78, 5) is 67.3. The van der Waals surface area contributed by atoms with Crippen molar-refractivity contribution in [2.75, 3.05) is 0 Å². The van der Waals surface area contributed by atoms with Gasteiger partial charge < -0.3 is 10.1 Å². The fourth-order valence-corrected chi connectivity index (χ4v) is 10.2. The van der Waals surface area contributed by atoms with Gasteiger partial charge in [0.15, 0.2) is 0 Å². The highest BCUT2D eigenvalue weighted by Crippen LogP contribution is 2.68. The molecule has 3 heterocycles. The fourth-order valence-electron chi connectivity index (χ4n) is 7.32. The number of non-ortho nitro benzene ring substituents is 1. The van der Waals surface area contributed by atoms with Crippen molar-refractivity contribution in [3.05, 3.63) is 54.5 Å². The van der Waals surface area contributed by atoms with Crippen LogP contribution in [0.25, 0.3) is 0 Å². The first-order valence-corrected chi connectivity index (χ1v) is 14.0. The summed E-state index contributed by atoms with van der Waals surface area (Å²) >= 11 is 2.61. The Morgan fingerprint density at radius 3 is 2.57 bits per heavy atom. The Kier molecular flexibility index (Phi) is 5.61. The second-order valence-electron chi connectivity index (χ2n) is 10.8. The van der Waals surface area contributed by atoms with E-state index in [2.05, 4.69) is 4.98 Å². The first-order chi connectivity index (χ1) is 17.6. The number of carbonyl (C=O) groups excluding carboxylic acids is 2. The topological polar surface area (TPSA) is 151 Å². The third kappa shape index (κ3) is 3.52. The summed E-state index contributed by atoms with van der Waals surface area (Å²) in [5.74, 6) is -3.94. The molecule has 0 spiro atoms. The summed E-state index contributed by atoms with van der Waals surface area (Å²) < 4.78 is 0. The highest BCUT2D eigenvalue weighted by atomic mass is 32.2. The molecule has 2 aromatic rings. The molecule has 12 heteroatoms. The number of benzene rings is 1. The van der Waals surface area contributed by atoms with E-state index in [4.69, 9.17) is 0 Å². The van der Waals surface area contributed by atoms with E-state index < -0.39 is 40.6 Å². The van der Waals surface area contributed by atoms with Crippen molar-refractivity contribution in [1.29, 1.82) is 0 Å². The number of carboxylic acids is 1. The number of amides is 2. The number of hydrogen-bond acceptors (Lipinski definition) is 8. The number of fused-ring (bicyclic) bond motifs is 9. The van der Waals surface area contributed by atoms with Crippen LogP contribution in [0.3, 0.4) is 0 Å². The summed E-state index contributed by atoms with van der Waals surface area (Å²) in [6, 6.07) is 5.22. The number of nitrogens with one attached hydrogen (secondary N) is 1. The average Bonchev–Trinajstić information content (AvgIpc) is 3.56. The number of aromatic nitrogens is 1. The highest BCUT2D eigenvalue weighted by molar-refractivity contribution is 8.00. The predicted octanol–water partition coefficient (Wildman–Crippen LogP) is 3.32. The van der Waals surface area contributed by atoms with Gasteiger partial charge >= 0.3 is 10.8 Å². The number of carbonyl (C=O) groups is 3. The Labute approximate surface area is 219 Å². The van der Waals surface area contributed by atoms with Crippen LogP contribution in [0.15, 0.2) is 34.1 Å². The van der Waals surface area contributed by atoms with Gasteiger partial charge in [-0.2, -0.15) is 0 Å².